The Labute approximate surface area is 119 Å². The van der Waals surface area contributed by atoms with Gasteiger partial charge in [0.05, 0.1) is 13.2 Å². The van der Waals surface area contributed by atoms with Crippen molar-refractivity contribution in [3.05, 3.63) is 73.8 Å². The first kappa shape index (κ1) is 14.1. The molecule has 0 aliphatic heterocycles. The molecule has 0 unspecified atom stereocenters. The molecule has 1 heterocycles. The summed E-state index contributed by atoms with van der Waals surface area (Å²) in [6.07, 6.45) is 3.42. The minimum atomic E-state index is 0.617. The monoisotopic (exact) mass is 265 g/mol. The Hall–Kier alpha value is -2.32. The first-order valence-corrected chi connectivity index (χ1v) is 6.62. The molecule has 0 spiro atoms. The first-order chi connectivity index (χ1) is 9.86. The number of rotatable bonds is 4. The number of aromatic nitrogens is 1. The molecule has 0 radical (unpaired) electrons. The number of H-pyrrole nitrogens is 1. The molecule has 2 aromatic carbocycles. The van der Waals surface area contributed by atoms with Crippen molar-refractivity contribution in [2.24, 2.45) is 0 Å². The minimum absolute atomic E-state index is 0.617. The number of hydrogen-bond acceptors (Lipinski definition) is 1. The van der Waals surface area contributed by atoms with Gasteiger partial charge in [-0.1, -0.05) is 48.6 Å². The number of ether oxygens (including phenoxy) is 1. The molecule has 0 saturated carbocycles. The van der Waals surface area contributed by atoms with Crippen molar-refractivity contribution >= 4 is 21.8 Å². The van der Waals surface area contributed by atoms with E-state index in [1.54, 1.807) is 12.2 Å². The second kappa shape index (κ2) is 7.31. The van der Waals surface area contributed by atoms with E-state index in [4.69, 9.17) is 4.74 Å². The van der Waals surface area contributed by atoms with Crippen LogP contribution >= 0.6 is 0 Å². The third kappa shape index (κ3) is 3.37. The summed E-state index contributed by atoms with van der Waals surface area (Å²) in [7, 11) is 0. The van der Waals surface area contributed by atoms with Crippen molar-refractivity contribution < 1.29 is 4.74 Å². The van der Waals surface area contributed by atoms with Crippen LogP contribution in [-0.4, -0.2) is 18.2 Å². The summed E-state index contributed by atoms with van der Waals surface area (Å²) in [5.74, 6) is 0. The van der Waals surface area contributed by atoms with E-state index in [2.05, 4.69) is 66.7 Å². The van der Waals surface area contributed by atoms with Gasteiger partial charge in [0.25, 0.3) is 0 Å². The average Bonchev–Trinajstić information content (AvgIpc) is 2.87. The highest BCUT2D eigenvalue weighted by Crippen LogP contribution is 2.24. The zero-order valence-electron chi connectivity index (χ0n) is 11.5. The molecule has 20 heavy (non-hydrogen) atoms. The largest absolute Gasteiger partial charge is 0.373 e. The van der Waals surface area contributed by atoms with E-state index in [-0.39, 0.29) is 0 Å². The summed E-state index contributed by atoms with van der Waals surface area (Å²) in [5.41, 5.74) is 2.42. The lowest BCUT2D eigenvalue weighted by molar-refractivity contribution is 0.194. The van der Waals surface area contributed by atoms with Crippen LogP contribution in [0.15, 0.2) is 73.8 Å². The zero-order valence-corrected chi connectivity index (χ0v) is 11.5. The van der Waals surface area contributed by atoms with Gasteiger partial charge in [-0.25, -0.2) is 0 Å². The molecule has 0 bridgehead atoms. The van der Waals surface area contributed by atoms with E-state index in [1.807, 2.05) is 0 Å². The molecule has 0 aliphatic carbocycles. The van der Waals surface area contributed by atoms with Crippen molar-refractivity contribution in [1.82, 2.24) is 4.98 Å². The molecular weight excluding hydrogens is 246 g/mol. The Bertz CT molecular complexity index is 638. The predicted molar refractivity (Wildman–Crippen MR) is 87.0 cm³/mol. The lowest BCUT2D eigenvalue weighted by atomic mass is 10.2. The van der Waals surface area contributed by atoms with Crippen LogP contribution in [-0.2, 0) is 4.74 Å². The fourth-order valence-corrected chi connectivity index (χ4v) is 2.03. The van der Waals surface area contributed by atoms with E-state index >= 15 is 0 Å². The van der Waals surface area contributed by atoms with Crippen molar-refractivity contribution in [3.63, 3.8) is 0 Å². The number of hydrogen-bond donors (Lipinski definition) is 1. The Morgan fingerprint density at radius 2 is 1.25 bits per heavy atom. The van der Waals surface area contributed by atoms with E-state index in [1.165, 1.54) is 21.8 Å². The second-order valence-corrected chi connectivity index (χ2v) is 4.33. The van der Waals surface area contributed by atoms with E-state index in [0.29, 0.717) is 13.2 Å². The smallest absolute Gasteiger partial charge is 0.0649 e. The Morgan fingerprint density at radius 1 is 0.800 bits per heavy atom. The molecule has 0 fully saturated rings. The Kier molecular flexibility index (Phi) is 5.15. The van der Waals surface area contributed by atoms with Crippen LogP contribution in [0, 0.1) is 0 Å². The summed E-state index contributed by atoms with van der Waals surface area (Å²) in [5, 5.41) is 2.61. The highest BCUT2D eigenvalue weighted by molar-refractivity contribution is 6.06. The van der Waals surface area contributed by atoms with Gasteiger partial charge in [0.2, 0.25) is 0 Å². The van der Waals surface area contributed by atoms with Gasteiger partial charge >= 0.3 is 0 Å². The third-order valence-electron chi connectivity index (χ3n) is 2.89. The normalized spacial score (nSPS) is 10.0. The maximum Gasteiger partial charge on any atom is 0.0649 e. The van der Waals surface area contributed by atoms with Gasteiger partial charge in [0.15, 0.2) is 0 Å². The lowest BCUT2D eigenvalue weighted by Crippen LogP contribution is -1.87. The van der Waals surface area contributed by atoms with E-state index in [9.17, 15) is 0 Å². The summed E-state index contributed by atoms with van der Waals surface area (Å²) < 4.78 is 4.90. The van der Waals surface area contributed by atoms with Gasteiger partial charge in [-0.2, -0.15) is 0 Å². The predicted octanol–water partition coefficient (Wildman–Crippen LogP) is 4.70. The number of benzene rings is 2. The van der Waals surface area contributed by atoms with Crippen LogP contribution in [0.4, 0.5) is 0 Å². The van der Waals surface area contributed by atoms with Crippen LogP contribution in [0.5, 0.6) is 0 Å². The molecule has 3 aromatic rings. The van der Waals surface area contributed by atoms with Crippen molar-refractivity contribution in [2.75, 3.05) is 13.2 Å². The molecule has 1 N–H and O–H groups in total. The standard InChI is InChI=1S/C12H9N.C6H10O/c1-3-7-11-9(5-1)10-6-2-4-8-12(10)13-11;1-3-5-7-6-4-2/h1-8,13H;3-4H,1-2,5-6H2. The maximum atomic E-state index is 4.90. The molecule has 0 amide bonds. The molecule has 0 saturated heterocycles. The quantitative estimate of drug-likeness (QED) is 0.537. The van der Waals surface area contributed by atoms with Crippen LogP contribution in [0.2, 0.25) is 0 Å². The van der Waals surface area contributed by atoms with Gasteiger partial charge in [0, 0.05) is 21.8 Å². The van der Waals surface area contributed by atoms with Gasteiger partial charge in [0.1, 0.15) is 0 Å². The third-order valence-corrected chi connectivity index (χ3v) is 2.89. The molecule has 3 rings (SSSR count). The molecule has 102 valence electrons. The molecular formula is C18H19NO. The van der Waals surface area contributed by atoms with Gasteiger partial charge in [-0.15, -0.1) is 13.2 Å². The Balaban J connectivity index is 0.000000182. The fourth-order valence-electron chi connectivity index (χ4n) is 2.03. The molecule has 0 aliphatic rings. The van der Waals surface area contributed by atoms with Gasteiger partial charge < -0.3 is 9.72 Å². The Morgan fingerprint density at radius 3 is 1.70 bits per heavy atom. The molecule has 2 nitrogen and oxygen atoms in total. The number of para-hydroxylation sites is 2. The molecule has 1 aromatic heterocycles. The summed E-state index contributed by atoms with van der Waals surface area (Å²) in [6.45, 7) is 8.18. The van der Waals surface area contributed by atoms with Crippen LogP contribution < -0.4 is 0 Å². The topological polar surface area (TPSA) is 25.0 Å². The first-order valence-electron chi connectivity index (χ1n) is 6.62. The van der Waals surface area contributed by atoms with Gasteiger partial charge in [-0.3, -0.25) is 0 Å². The van der Waals surface area contributed by atoms with Crippen LogP contribution in [0.1, 0.15) is 0 Å². The second-order valence-electron chi connectivity index (χ2n) is 4.33. The van der Waals surface area contributed by atoms with E-state index in [0.717, 1.165) is 0 Å². The van der Waals surface area contributed by atoms with Crippen molar-refractivity contribution in [1.29, 1.82) is 0 Å². The summed E-state index contributed by atoms with van der Waals surface area (Å²) in [6, 6.07) is 16.8. The fraction of sp³-hybridized carbons (Fsp3) is 0.111. The van der Waals surface area contributed by atoms with Crippen LogP contribution in [0.3, 0.4) is 0 Å². The molecule has 0 atom stereocenters. The highest BCUT2D eigenvalue weighted by atomic mass is 16.5. The number of fused-ring (bicyclic) bond motifs is 3. The number of nitrogens with one attached hydrogen (secondary N) is 1. The average molecular weight is 265 g/mol. The zero-order chi connectivity index (χ0) is 14.2. The molecule has 2 heteroatoms. The minimum Gasteiger partial charge on any atom is -0.373 e. The SMILES string of the molecule is C=CCOCC=C.c1ccc2c(c1)[nH]c1ccccc12. The maximum absolute atomic E-state index is 4.90. The van der Waals surface area contributed by atoms with Crippen molar-refractivity contribution in [3.8, 4) is 0 Å². The van der Waals surface area contributed by atoms with Crippen molar-refractivity contribution in [2.45, 2.75) is 0 Å². The summed E-state index contributed by atoms with van der Waals surface area (Å²) >= 11 is 0. The lowest BCUT2D eigenvalue weighted by Gasteiger charge is -1.89. The number of aromatic amines is 1. The van der Waals surface area contributed by atoms with Crippen LogP contribution in [0.25, 0.3) is 21.8 Å². The van der Waals surface area contributed by atoms with E-state index < -0.39 is 0 Å². The van der Waals surface area contributed by atoms with Gasteiger partial charge in [-0.05, 0) is 12.1 Å². The summed E-state index contributed by atoms with van der Waals surface area (Å²) in [4.78, 5) is 3.38. The highest BCUT2D eigenvalue weighted by Gasteiger charge is 2.00.